The molecule has 0 fully saturated rings. The van der Waals surface area contributed by atoms with Crippen molar-refractivity contribution in [3.63, 3.8) is 0 Å². The van der Waals surface area contributed by atoms with Gasteiger partial charge in [-0.05, 0) is 36.2 Å². The molecular weight excluding hydrogens is 254 g/mol. The molecule has 5 heteroatoms. The Bertz CT molecular complexity index is 664. The minimum Gasteiger partial charge on any atom is -0.454 e. The van der Waals surface area contributed by atoms with Gasteiger partial charge in [0, 0.05) is 12.7 Å². The molecule has 0 bridgehead atoms. The number of hydrogen-bond acceptors (Lipinski definition) is 5. The Morgan fingerprint density at radius 1 is 1.25 bits per heavy atom. The lowest BCUT2D eigenvalue weighted by Gasteiger charge is -2.07. The van der Waals surface area contributed by atoms with E-state index >= 15 is 0 Å². The molecule has 0 radical (unpaired) electrons. The van der Waals surface area contributed by atoms with Gasteiger partial charge in [0.25, 0.3) is 0 Å². The average molecular weight is 267 g/mol. The van der Waals surface area contributed by atoms with Crippen LogP contribution in [0.2, 0.25) is 0 Å². The van der Waals surface area contributed by atoms with Crippen LogP contribution in [0.3, 0.4) is 0 Å². The fourth-order valence-electron chi connectivity index (χ4n) is 2.06. The van der Waals surface area contributed by atoms with E-state index in [2.05, 4.69) is 16.4 Å². The number of anilines is 1. The highest BCUT2D eigenvalue weighted by atomic mass is 16.7. The first kappa shape index (κ1) is 12.3. The molecule has 1 aromatic heterocycles. The number of nitriles is 1. The van der Waals surface area contributed by atoms with Crippen molar-refractivity contribution in [2.24, 2.45) is 0 Å². The van der Waals surface area contributed by atoms with Crippen molar-refractivity contribution in [2.75, 3.05) is 18.7 Å². The second-order valence-corrected chi connectivity index (χ2v) is 4.38. The number of fused-ring (bicyclic) bond motifs is 1. The van der Waals surface area contributed by atoms with E-state index in [1.54, 1.807) is 18.3 Å². The van der Waals surface area contributed by atoms with Crippen molar-refractivity contribution in [3.8, 4) is 17.6 Å². The molecule has 1 aliphatic rings. The van der Waals surface area contributed by atoms with E-state index in [4.69, 9.17) is 14.7 Å². The van der Waals surface area contributed by atoms with Gasteiger partial charge in [0.15, 0.2) is 11.5 Å². The Labute approximate surface area is 116 Å². The Hall–Kier alpha value is -2.74. The lowest BCUT2D eigenvalue weighted by Crippen LogP contribution is -2.07. The molecule has 0 spiro atoms. The topological polar surface area (TPSA) is 67.2 Å². The molecule has 0 unspecified atom stereocenters. The second kappa shape index (κ2) is 5.49. The molecule has 0 saturated carbocycles. The highest BCUT2D eigenvalue weighted by Crippen LogP contribution is 2.32. The van der Waals surface area contributed by atoms with E-state index < -0.39 is 0 Å². The van der Waals surface area contributed by atoms with Crippen LogP contribution < -0.4 is 14.8 Å². The molecule has 20 heavy (non-hydrogen) atoms. The SMILES string of the molecule is N#Cc1cccnc1NCCc1ccc2c(c1)OCO2. The molecule has 1 aliphatic heterocycles. The summed E-state index contributed by atoms with van der Waals surface area (Å²) in [5, 5.41) is 12.2. The van der Waals surface area contributed by atoms with Crippen LogP contribution in [0.25, 0.3) is 0 Å². The maximum absolute atomic E-state index is 8.98. The molecule has 0 amide bonds. The predicted molar refractivity (Wildman–Crippen MR) is 73.7 cm³/mol. The number of nitrogens with one attached hydrogen (secondary N) is 1. The largest absolute Gasteiger partial charge is 0.454 e. The summed E-state index contributed by atoms with van der Waals surface area (Å²) in [5.41, 5.74) is 1.70. The first-order valence-electron chi connectivity index (χ1n) is 6.34. The maximum Gasteiger partial charge on any atom is 0.231 e. The van der Waals surface area contributed by atoms with Crippen LogP contribution in [0.1, 0.15) is 11.1 Å². The summed E-state index contributed by atoms with van der Waals surface area (Å²) in [6.07, 6.45) is 2.49. The zero-order valence-corrected chi connectivity index (χ0v) is 10.8. The van der Waals surface area contributed by atoms with Gasteiger partial charge in [0.2, 0.25) is 6.79 Å². The standard InChI is InChI=1S/C15H13N3O2/c16-9-12-2-1-6-17-15(12)18-7-5-11-3-4-13-14(8-11)20-10-19-13/h1-4,6,8H,5,7,10H2,(H,17,18). The van der Waals surface area contributed by atoms with Gasteiger partial charge in [-0.25, -0.2) is 4.98 Å². The van der Waals surface area contributed by atoms with Gasteiger partial charge >= 0.3 is 0 Å². The monoisotopic (exact) mass is 267 g/mol. The summed E-state index contributed by atoms with van der Waals surface area (Å²) in [7, 11) is 0. The van der Waals surface area contributed by atoms with Gasteiger partial charge in [0.1, 0.15) is 11.9 Å². The number of aromatic nitrogens is 1. The van der Waals surface area contributed by atoms with Crippen molar-refractivity contribution in [1.82, 2.24) is 4.98 Å². The minimum atomic E-state index is 0.288. The first-order valence-corrected chi connectivity index (χ1v) is 6.34. The minimum absolute atomic E-state index is 0.288. The van der Waals surface area contributed by atoms with E-state index in [0.717, 1.165) is 23.5 Å². The van der Waals surface area contributed by atoms with Crippen molar-refractivity contribution in [2.45, 2.75) is 6.42 Å². The normalized spacial score (nSPS) is 11.9. The van der Waals surface area contributed by atoms with Crippen LogP contribution in [0, 0.1) is 11.3 Å². The number of hydrogen-bond donors (Lipinski definition) is 1. The Balaban J connectivity index is 1.62. The molecule has 100 valence electrons. The summed E-state index contributed by atoms with van der Waals surface area (Å²) >= 11 is 0. The molecule has 0 aliphatic carbocycles. The maximum atomic E-state index is 8.98. The van der Waals surface area contributed by atoms with Gasteiger partial charge < -0.3 is 14.8 Å². The van der Waals surface area contributed by atoms with Crippen LogP contribution in [0.4, 0.5) is 5.82 Å². The van der Waals surface area contributed by atoms with E-state index in [0.29, 0.717) is 17.9 Å². The number of rotatable bonds is 4. The highest BCUT2D eigenvalue weighted by molar-refractivity contribution is 5.51. The average Bonchev–Trinajstić information content (AvgIpc) is 2.95. The van der Waals surface area contributed by atoms with Crippen LogP contribution in [-0.2, 0) is 6.42 Å². The molecule has 2 aromatic rings. The fourth-order valence-corrected chi connectivity index (χ4v) is 2.06. The molecule has 0 atom stereocenters. The fraction of sp³-hybridized carbons (Fsp3) is 0.200. The van der Waals surface area contributed by atoms with Crippen molar-refractivity contribution in [1.29, 1.82) is 5.26 Å². The van der Waals surface area contributed by atoms with E-state index in [-0.39, 0.29) is 6.79 Å². The van der Waals surface area contributed by atoms with Crippen LogP contribution in [0.15, 0.2) is 36.5 Å². The van der Waals surface area contributed by atoms with Crippen molar-refractivity contribution < 1.29 is 9.47 Å². The first-order chi connectivity index (χ1) is 9.86. The van der Waals surface area contributed by atoms with Crippen molar-refractivity contribution in [3.05, 3.63) is 47.7 Å². The third-order valence-corrected chi connectivity index (χ3v) is 3.07. The van der Waals surface area contributed by atoms with Gasteiger partial charge in [-0.15, -0.1) is 0 Å². The summed E-state index contributed by atoms with van der Waals surface area (Å²) in [5.74, 6) is 2.20. The second-order valence-electron chi connectivity index (χ2n) is 4.38. The Morgan fingerprint density at radius 2 is 2.15 bits per heavy atom. The molecule has 3 rings (SSSR count). The quantitative estimate of drug-likeness (QED) is 0.920. The zero-order chi connectivity index (χ0) is 13.8. The molecule has 1 N–H and O–H groups in total. The molecule has 2 heterocycles. The lowest BCUT2D eigenvalue weighted by atomic mass is 10.1. The smallest absolute Gasteiger partial charge is 0.231 e. The lowest BCUT2D eigenvalue weighted by molar-refractivity contribution is 0.174. The van der Waals surface area contributed by atoms with E-state index in [1.807, 2.05) is 18.2 Å². The van der Waals surface area contributed by atoms with Crippen molar-refractivity contribution >= 4 is 5.82 Å². The number of benzene rings is 1. The van der Waals surface area contributed by atoms with Crippen LogP contribution in [-0.4, -0.2) is 18.3 Å². The zero-order valence-electron chi connectivity index (χ0n) is 10.8. The Kier molecular flexibility index (Phi) is 3.38. The summed E-state index contributed by atoms with van der Waals surface area (Å²) in [6, 6.07) is 11.5. The highest BCUT2D eigenvalue weighted by Gasteiger charge is 2.12. The third kappa shape index (κ3) is 2.50. The van der Waals surface area contributed by atoms with Gasteiger partial charge in [-0.2, -0.15) is 5.26 Å². The Morgan fingerprint density at radius 3 is 3.05 bits per heavy atom. The summed E-state index contributed by atoms with van der Waals surface area (Å²) in [4.78, 5) is 4.16. The summed E-state index contributed by atoms with van der Waals surface area (Å²) in [6.45, 7) is 0.988. The number of pyridine rings is 1. The molecule has 1 aromatic carbocycles. The van der Waals surface area contributed by atoms with Crippen LogP contribution >= 0.6 is 0 Å². The number of nitrogens with zero attached hydrogens (tertiary/aromatic N) is 2. The van der Waals surface area contributed by atoms with E-state index in [1.165, 1.54) is 0 Å². The summed E-state index contributed by atoms with van der Waals surface area (Å²) < 4.78 is 10.6. The third-order valence-electron chi connectivity index (χ3n) is 3.07. The molecule has 0 saturated heterocycles. The van der Waals surface area contributed by atoms with Crippen LogP contribution in [0.5, 0.6) is 11.5 Å². The van der Waals surface area contributed by atoms with Gasteiger partial charge in [-0.1, -0.05) is 6.07 Å². The van der Waals surface area contributed by atoms with Gasteiger partial charge in [0.05, 0.1) is 5.56 Å². The number of ether oxygens (including phenoxy) is 2. The van der Waals surface area contributed by atoms with E-state index in [9.17, 15) is 0 Å². The molecule has 5 nitrogen and oxygen atoms in total. The van der Waals surface area contributed by atoms with Gasteiger partial charge in [-0.3, -0.25) is 0 Å². The molecular formula is C15H13N3O2. The predicted octanol–water partition coefficient (Wildman–Crippen LogP) is 2.34.